The molecule has 0 bridgehead atoms. The first-order valence-corrected chi connectivity index (χ1v) is 8.05. The molecule has 1 N–H and O–H groups in total. The molecule has 1 aromatic carbocycles. The summed E-state index contributed by atoms with van der Waals surface area (Å²) in [7, 11) is 0. The van der Waals surface area contributed by atoms with E-state index >= 15 is 0 Å². The maximum absolute atomic E-state index is 3.60. The molecule has 0 amide bonds. The van der Waals surface area contributed by atoms with E-state index in [2.05, 4.69) is 80.3 Å². The summed E-state index contributed by atoms with van der Waals surface area (Å²) in [6.07, 6.45) is 5.51. The Morgan fingerprint density at radius 3 is 2.29 bits per heavy atom. The van der Waals surface area contributed by atoms with Crippen molar-refractivity contribution in [2.75, 3.05) is 0 Å². The molecular weight excluding hydrogens is 256 g/mol. The number of hydrogen-bond acceptors (Lipinski definition) is 1. The van der Waals surface area contributed by atoms with E-state index in [0.717, 1.165) is 19.5 Å². The van der Waals surface area contributed by atoms with Crippen LogP contribution in [0.15, 0.2) is 42.7 Å². The van der Waals surface area contributed by atoms with Crippen molar-refractivity contribution >= 4 is 0 Å². The zero-order chi connectivity index (χ0) is 15.2. The van der Waals surface area contributed by atoms with E-state index in [1.54, 1.807) is 0 Å². The second kappa shape index (κ2) is 7.46. The molecule has 2 heteroatoms. The lowest BCUT2D eigenvalue weighted by Crippen LogP contribution is -2.17. The van der Waals surface area contributed by atoms with E-state index in [1.165, 1.54) is 16.7 Å². The molecule has 0 saturated heterocycles. The highest BCUT2D eigenvalue weighted by atomic mass is 14.9. The van der Waals surface area contributed by atoms with E-state index in [4.69, 9.17) is 0 Å². The summed E-state index contributed by atoms with van der Waals surface area (Å²) in [4.78, 5) is 0. The van der Waals surface area contributed by atoms with Crippen LogP contribution in [0, 0.1) is 5.92 Å². The van der Waals surface area contributed by atoms with Gasteiger partial charge in [0.05, 0.1) is 0 Å². The van der Waals surface area contributed by atoms with Crippen LogP contribution in [0.2, 0.25) is 0 Å². The zero-order valence-electron chi connectivity index (χ0n) is 13.8. The lowest BCUT2D eigenvalue weighted by Gasteiger charge is -2.15. The summed E-state index contributed by atoms with van der Waals surface area (Å²) < 4.78 is 2.21. The summed E-state index contributed by atoms with van der Waals surface area (Å²) in [6.45, 7) is 10.9. The fraction of sp³-hybridized carbons (Fsp3) is 0.474. The molecule has 2 nitrogen and oxygen atoms in total. The van der Waals surface area contributed by atoms with E-state index < -0.39 is 0 Å². The molecule has 0 radical (unpaired) electrons. The van der Waals surface area contributed by atoms with E-state index in [1.807, 2.05) is 0 Å². The zero-order valence-corrected chi connectivity index (χ0v) is 13.8. The van der Waals surface area contributed by atoms with Gasteiger partial charge in [-0.15, -0.1) is 0 Å². The molecule has 0 aliphatic rings. The van der Waals surface area contributed by atoms with Crippen molar-refractivity contribution in [2.24, 2.45) is 5.92 Å². The molecule has 1 atom stereocenters. The molecule has 0 aliphatic heterocycles. The van der Waals surface area contributed by atoms with Gasteiger partial charge >= 0.3 is 0 Å². The van der Waals surface area contributed by atoms with Crippen LogP contribution in [0.5, 0.6) is 0 Å². The Bertz CT molecular complexity index is 537. The SMILES string of the molecule is CCn1ccc(CNC(C)c2ccc(CC(C)C)cc2)c1. The number of rotatable bonds is 7. The average molecular weight is 284 g/mol. The smallest absolute Gasteiger partial charge is 0.0294 e. The first kappa shape index (κ1) is 15.8. The Morgan fingerprint density at radius 2 is 1.71 bits per heavy atom. The highest BCUT2D eigenvalue weighted by molar-refractivity contribution is 5.25. The van der Waals surface area contributed by atoms with Gasteiger partial charge in [-0.05, 0) is 48.9 Å². The number of benzene rings is 1. The Morgan fingerprint density at radius 1 is 1.00 bits per heavy atom. The second-order valence-electron chi connectivity index (χ2n) is 6.29. The van der Waals surface area contributed by atoms with E-state index in [0.29, 0.717) is 12.0 Å². The third kappa shape index (κ3) is 4.75. The summed E-state index contributed by atoms with van der Waals surface area (Å²) >= 11 is 0. The quantitative estimate of drug-likeness (QED) is 0.789. The Hall–Kier alpha value is -1.54. The molecular formula is C19H28N2. The Labute approximate surface area is 129 Å². The molecule has 114 valence electrons. The molecule has 0 fully saturated rings. The largest absolute Gasteiger partial charge is 0.354 e. The fourth-order valence-corrected chi connectivity index (χ4v) is 2.59. The van der Waals surface area contributed by atoms with Crippen molar-refractivity contribution in [1.29, 1.82) is 0 Å². The van der Waals surface area contributed by atoms with Crippen molar-refractivity contribution in [2.45, 2.75) is 53.2 Å². The Balaban J connectivity index is 1.89. The molecule has 2 rings (SSSR count). The minimum Gasteiger partial charge on any atom is -0.354 e. The lowest BCUT2D eigenvalue weighted by atomic mass is 10.00. The normalized spacial score (nSPS) is 12.8. The number of aromatic nitrogens is 1. The average Bonchev–Trinajstić information content (AvgIpc) is 2.93. The van der Waals surface area contributed by atoms with Gasteiger partial charge in [0.2, 0.25) is 0 Å². The summed E-state index contributed by atoms with van der Waals surface area (Å²) in [6, 6.07) is 11.6. The molecule has 1 aromatic heterocycles. The van der Waals surface area contributed by atoms with Crippen LogP contribution in [0.1, 0.15) is 50.4 Å². The highest BCUT2D eigenvalue weighted by Gasteiger charge is 2.06. The van der Waals surface area contributed by atoms with Gasteiger partial charge in [-0.1, -0.05) is 38.1 Å². The standard InChI is InChI=1S/C19H28N2/c1-5-21-11-10-18(14-21)13-20-16(4)19-8-6-17(7-9-19)12-15(2)3/h6-11,14-16,20H,5,12-13H2,1-4H3. The second-order valence-corrected chi connectivity index (χ2v) is 6.29. The molecule has 0 spiro atoms. The van der Waals surface area contributed by atoms with Crippen LogP contribution in [0.3, 0.4) is 0 Å². The van der Waals surface area contributed by atoms with Crippen molar-refractivity contribution in [3.8, 4) is 0 Å². The molecule has 0 aliphatic carbocycles. The first-order chi connectivity index (χ1) is 10.1. The summed E-state index contributed by atoms with van der Waals surface area (Å²) in [5.74, 6) is 0.717. The summed E-state index contributed by atoms with van der Waals surface area (Å²) in [5, 5.41) is 3.60. The van der Waals surface area contributed by atoms with Crippen LogP contribution < -0.4 is 5.32 Å². The van der Waals surface area contributed by atoms with E-state index in [-0.39, 0.29) is 0 Å². The topological polar surface area (TPSA) is 17.0 Å². The lowest BCUT2D eigenvalue weighted by molar-refractivity contribution is 0.573. The molecule has 1 heterocycles. The third-order valence-electron chi connectivity index (χ3n) is 3.91. The van der Waals surface area contributed by atoms with Gasteiger partial charge in [-0.25, -0.2) is 0 Å². The summed E-state index contributed by atoms with van der Waals surface area (Å²) in [5.41, 5.74) is 4.14. The van der Waals surface area contributed by atoms with Crippen molar-refractivity contribution in [1.82, 2.24) is 9.88 Å². The van der Waals surface area contributed by atoms with Gasteiger partial charge in [0, 0.05) is 31.5 Å². The number of nitrogens with zero attached hydrogens (tertiary/aromatic N) is 1. The maximum atomic E-state index is 3.60. The van der Waals surface area contributed by atoms with Crippen molar-refractivity contribution in [3.63, 3.8) is 0 Å². The van der Waals surface area contributed by atoms with Crippen molar-refractivity contribution < 1.29 is 0 Å². The van der Waals surface area contributed by atoms with Crippen LogP contribution in [0.25, 0.3) is 0 Å². The minimum atomic E-state index is 0.378. The molecule has 0 saturated carbocycles. The van der Waals surface area contributed by atoms with Crippen LogP contribution in [0.4, 0.5) is 0 Å². The number of aryl methyl sites for hydroxylation is 1. The minimum absolute atomic E-state index is 0.378. The van der Waals surface area contributed by atoms with Gasteiger partial charge < -0.3 is 9.88 Å². The van der Waals surface area contributed by atoms with Gasteiger partial charge in [-0.3, -0.25) is 0 Å². The highest BCUT2D eigenvalue weighted by Crippen LogP contribution is 2.16. The van der Waals surface area contributed by atoms with Crippen molar-refractivity contribution in [3.05, 3.63) is 59.4 Å². The van der Waals surface area contributed by atoms with Crippen LogP contribution in [-0.4, -0.2) is 4.57 Å². The third-order valence-corrected chi connectivity index (χ3v) is 3.91. The fourth-order valence-electron chi connectivity index (χ4n) is 2.59. The van der Waals surface area contributed by atoms with Gasteiger partial charge in [-0.2, -0.15) is 0 Å². The number of nitrogens with one attached hydrogen (secondary N) is 1. The molecule has 21 heavy (non-hydrogen) atoms. The monoisotopic (exact) mass is 284 g/mol. The molecule has 2 aromatic rings. The Kier molecular flexibility index (Phi) is 5.63. The molecule has 1 unspecified atom stereocenters. The maximum Gasteiger partial charge on any atom is 0.0294 e. The first-order valence-electron chi connectivity index (χ1n) is 8.05. The predicted molar refractivity (Wildman–Crippen MR) is 90.3 cm³/mol. The van der Waals surface area contributed by atoms with E-state index in [9.17, 15) is 0 Å². The van der Waals surface area contributed by atoms with Gasteiger partial charge in [0.1, 0.15) is 0 Å². The number of hydrogen-bond donors (Lipinski definition) is 1. The van der Waals surface area contributed by atoms with Crippen LogP contribution >= 0.6 is 0 Å². The predicted octanol–water partition coefficient (Wildman–Crippen LogP) is 4.56. The van der Waals surface area contributed by atoms with Crippen LogP contribution in [-0.2, 0) is 19.5 Å². The van der Waals surface area contributed by atoms with Gasteiger partial charge in [0.25, 0.3) is 0 Å². The van der Waals surface area contributed by atoms with Gasteiger partial charge in [0.15, 0.2) is 0 Å².